The Kier molecular flexibility index (Phi) is 5.34. The van der Waals surface area contributed by atoms with Crippen molar-refractivity contribution in [3.05, 3.63) is 64.2 Å². The Morgan fingerprint density at radius 3 is 2.86 bits per heavy atom. The first kappa shape index (κ1) is 19.2. The maximum Gasteiger partial charge on any atom is 0.290 e. The molecule has 0 aromatic carbocycles. The number of carbonyl (C=O) groups is 1. The van der Waals surface area contributed by atoms with Crippen molar-refractivity contribution in [2.24, 2.45) is 0 Å². The van der Waals surface area contributed by atoms with Crippen LogP contribution in [0.5, 0.6) is 0 Å². The monoisotopic (exact) mass is 454 g/mol. The lowest BCUT2D eigenvalue weighted by atomic mass is 10.1. The highest BCUT2D eigenvalue weighted by molar-refractivity contribution is 9.10. The molecule has 0 bridgehead atoms. The number of aryl methyl sites for hydroxylation is 1. The Hall–Kier alpha value is -3.14. The number of aromatic nitrogens is 7. The SMILES string of the molecule is CCCc1c(Cc2ccnn2-c2ncccc2Br)ncn2nc(C(=O)NC)nc12. The van der Waals surface area contributed by atoms with Gasteiger partial charge in [-0.3, -0.25) is 4.79 Å². The Morgan fingerprint density at radius 2 is 2.10 bits per heavy atom. The molecule has 1 N–H and O–H groups in total. The van der Waals surface area contributed by atoms with Gasteiger partial charge in [0.05, 0.1) is 15.9 Å². The first-order valence-corrected chi connectivity index (χ1v) is 10.0. The molecule has 148 valence electrons. The van der Waals surface area contributed by atoms with E-state index in [0.29, 0.717) is 12.1 Å². The van der Waals surface area contributed by atoms with Gasteiger partial charge in [0.1, 0.15) is 6.33 Å². The fourth-order valence-electron chi connectivity index (χ4n) is 3.17. The predicted molar refractivity (Wildman–Crippen MR) is 110 cm³/mol. The van der Waals surface area contributed by atoms with Gasteiger partial charge in [-0.2, -0.15) is 5.10 Å². The van der Waals surface area contributed by atoms with Crippen LogP contribution in [0.4, 0.5) is 0 Å². The van der Waals surface area contributed by atoms with Crippen molar-refractivity contribution in [3.8, 4) is 5.82 Å². The van der Waals surface area contributed by atoms with Crippen molar-refractivity contribution in [1.29, 1.82) is 0 Å². The minimum Gasteiger partial charge on any atom is -0.352 e. The van der Waals surface area contributed by atoms with Gasteiger partial charge < -0.3 is 5.32 Å². The number of fused-ring (bicyclic) bond motifs is 1. The fourth-order valence-corrected chi connectivity index (χ4v) is 3.59. The Morgan fingerprint density at radius 1 is 1.24 bits per heavy atom. The number of pyridine rings is 1. The lowest BCUT2D eigenvalue weighted by Crippen LogP contribution is -2.19. The third kappa shape index (κ3) is 3.63. The molecule has 4 aromatic rings. The maximum atomic E-state index is 11.9. The number of halogens is 1. The number of hydrogen-bond donors (Lipinski definition) is 1. The van der Waals surface area contributed by atoms with Crippen molar-refractivity contribution in [2.75, 3.05) is 7.05 Å². The number of amides is 1. The predicted octanol–water partition coefficient (Wildman–Crippen LogP) is 2.37. The molecule has 10 heteroatoms. The standard InChI is InChI=1S/C19H19BrN8O/c1-3-5-13-15(23-11-27-17(13)25-16(26-27)19(29)21-2)10-12-7-9-24-28(12)18-14(20)6-4-8-22-18/h4,6-9,11H,3,5,10H2,1-2H3,(H,21,29). The number of carbonyl (C=O) groups excluding carboxylic acids is 1. The zero-order chi connectivity index (χ0) is 20.4. The highest BCUT2D eigenvalue weighted by Crippen LogP contribution is 2.22. The Bertz CT molecular complexity index is 1180. The second kappa shape index (κ2) is 8.08. The highest BCUT2D eigenvalue weighted by atomic mass is 79.9. The highest BCUT2D eigenvalue weighted by Gasteiger charge is 2.18. The van der Waals surface area contributed by atoms with E-state index in [0.717, 1.165) is 40.1 Å². The van der Waals surface area contributed by atoms with Gasteiger partial charge in [-0.05, 0) is 40.5 Å². The summed E-state index contributed by atoms with van der Waals surface area (Å²) in [7, 11) is 1.56. The van der Waals surface area contributed by atoms with Gasteiger partial charge in [-0.25, -0.2) is 24.1 Å². The summed E-state index contributed by atoms with van der Waals surface area (Å²) < 4.78 is 4.21. The first-order chi connectivity index (χ1) is 14.1. The molecule has 1 amide bonds. The van der Waals surface area contributed by atoms with Crippen LogP contribution in [0.25, 0.3) is 11.5 Å². The van der Waals surface area contributed by atoms with Crippen LogP contribution in [0.2, 0.25) is 0 Å². The van der Waals surface area contributed by atoms with Crippen LogP contribution < -0.4 is 5.32 Å². The van der Waals surface area contributed by atoms with E-state index in [1.807, 2.05) is 18.2 Å². The van der Waals surface area contributed by atoms with Gasteiger partial charge in [-0.1, -0.05) is 13.3 Å². The Balaban J connectivity index is 1.77. The first-order valence-electron chi connectivity index (χ1n) is 9.21. The van der Waals surface area contributed by atoms with E-state index < -0.39 is 0 Å². The van der Waals surface area contributed by atoms with Gasteiger partial charge in [0.25, 0.3) is 5.91 Å². The van der Waals surface area contributed by atoms with Gasteiger partial charge in [-0.15, -0.1) is 5.10 Å². The van der Waals surface area contributed by atoms with E-state index >= 15 is 0 Å². The molecule has 0 fully saturated rings. The van der Waals surface area contributed by atoms with Gasteiger partial charge in [0.15, 0.2) is 11.5 Å². The molecule has 0 saturated carbocycles. The van der Waals surface area contributed by atoms with Crippen molar-refractivity contribution < 1.29 is 4.79 Å². The maximum absolute atomic E-state index is 11.9. The fraction of sp³-hybridized carbons (Fsp3) is 0.263. The van der Waals surface area contributed by atoms with Crippen molar-refractivity contribution in [3.63, 3.8) is 0 Å². The zero-order valence-electron chi connectivity index (χ0n) is 16.0. The van der Waals surface area contributed by atoms with Crippen LogP contribution in [0.15, 0.2) is 41.4 Å². The van der Waals surface area contributed by atoms with E-state index in [1.54, 1.807) is 35.0 Å². The quantitative estimate of drug-likeness (QED) is 0.479. The normalized spacial score (nSPS) is 11.1. The molecule has 0 aliphatic rings. The second-order valence-electron chi connectivity index (χ2n) is 6.42. The van der Waals surface area contributed by atoms with E-state index in [9.17, 15) is 4.79 Å². The molecule has 0 atom stereocenters. The van der Waals surface area contributed by atoms with Crippen molar-refractivity contribution >= 4 is 27.5 Å². The molecule has 4 heterocycles. The molecule has 0 radical (unpaired) electrons. The molecule has 0 saturated heterocycles. The van der Waals surface area contributed by atoms with Crippen LogP contribution in [0.3, 0.4) is 0 Å². The third-order valence-electron chi connectivity index (χ3n) is 4.51. The minimum atomic E-state index is -0.323. The molecule has 0 aliphatic heterocycles. The van der Waals surface area contributed by atoms with Crippen LogP contribution in [0, 0.1) is 0 Å². The molecule has 0 aliphatic carbocycles. The topological polar surface area (TPSA) is 103 Å². The summed E-state index contributed by atoms with van der Waals surface area (Å²) in [6.45, 7) is 2.10. The number of rotatable bonds is 6. The second-order valence-corrected chi connectivity index (χ2v) is 7.28. The summed E-state index contributed by atoms with van der Waals surface area (Å²) in [5.41, 5.74) is 3.46. The van der Waals surface area contributed by atoms with Crippen LogP contribution in [-0.4, -0.2) is 47.3 Å². The molecule has 0 unspecified atom stereocenters. The van der Waals surface area contributed by atoms with E-state index in [2.05, 4.69) is 53.3 Å². The summed E-state index contributed by atoms with van der Waals surface area (Å²) in [6.07, 6.45) is 7.32. The smallest absolute Gasteiger partial charge is 0.290 e. The molecule has 4 rings (SSSR count). The summed E-state index contributed by atoms with van der Waals surface area (Å²) in [6, 6.07) is 5.74. The lowest BCUT2D eigenvalue weighted by Gasteiger charge is -2.11. The molecule has 9 nitrogen and oxygen atoms in total. The summed E-state index contributed by atoms with van der Waals surface area (Å²) >= 11 is 3.53. The van der Waals surface area contributed by atoms with Gasteiger partial charge >= 0.3 is 0 Å². The van der Waals surface area contributed by atoms with Crippen LogP contribution in [-0.2, 0) is 12.8 Å². The van der Waals surface area contributed by atoms with Crippen molar-refractivity contribution in [2.45, 2.75) is 26.2 Å². The molecule has 0 spiro atoms. The minimum absolute atomic E-state index is 0.131. The molecule has 4 aromatic heterocycles. The average Bonchev–Trinajstić information content (AvgIpc) is 3.37. The zero-order valence-corrected chi connectivity index (χ0v) is 17.6. The van der Waals surface area contributed by atoms with E-state index in [-0.39, 0.29) is 11.7 Å². The molecular weight excluding hydrogens is 436 g/mol. The Labute approximate surface area is 175 Å². The van der Waals surface area contributed by atoms with Crippen LogP contribution >= 0.6 is 15.9 Å². The number of nitrogens with zero attached hydrogens (tertiary/aromatic N) is 7. The lowest BCUT2D eigenvalue weighted by molar-refractivity contribution is 0.0953. The average molecular weight is 455 g/mol. The van der Waals surface area contributed by atoms with Crippen molar-refractivity contribution in [1.82, 2.24) is 39.7 Å². The summed E-state index contributed by atoms with van der Waals surface area (Å²) in [4.78, 5) is 25.4. The van der Waals surface area contributed by atoms with Gasteiger partial charge in [0, 0.05) is 31.4 Å². The summed E-state index contributed by atoms with van der Waals surface area (Å²) in [5.74, 6) is 0.525. The number of nitrogens with one attached hydrogen (secondary N) is 1. The molecule has 29 heavy (non-hydrogen) atoms. The molecular formula is C19H19BrN8O. The third-order valence-corrected chi connectivity index (χ3v) is 5.13. The van der Waals surface area contributed by atoms with Crippen LogP contribution in [0.1, 0.15) is 40.9 Å². The summed E-state index contributed by atoms with van der Waals surface area (Å²) in [5, 5.41) is 11.2. The number of hydrogen-bond acceptors (Lipinski definition) is 6. The van der Waals surface area contributed by atoms with E-state index in [1.165, 1.54) is 0 Å². The van der Waals surface area contributed by atoms with Gasteiger partial charge in [0.2, 0.25) is 5.82 Å². The largest absolute Gasteiger partial charge is 0.352 e. The van der Waals surface area contributed by atoms with E-state index in [4.69, 9.17) is 0 Å².